The van der Waals surface area contributed by atoms with Gasteiger partial charge in [0.15, 0.2) is 0 Å². The molecule has 0 aromatic carbocycles. The minimum Gasteiger partial charge on any atom is -0.385 e. The molecule has 0 bridgehead atoms. The van der Waals surface area contributed by atoms with E-state index in [1.165, 1.54) is 0 Å². The molecular formula is C12H21N3. The van der Waals surface area contributed by atoms with Crippen molar-refractivity contribution >= 4 is 5.69 Å². The van der Waals surface area contributed by atoms with Crippen LogP contribution in [0.3, 0.4) is 0 Å². The highest BCUT2D eigenvalue weighted by Gasteiger charge is 2.11. The monoisotopic (exact) mass is 207 g/mol. The number of rotatable bonds is 6. The fourth-order valence-corrected chi connectivity index (χ4v) is 1.52. The molecule has 1 heterocycles. The smallest absolute Gasteiger partial charge is 0.0371 e. The second-order valence-corrected chi connectivity index (χ2v) is 4.18. The van der Waals surface area contributed by atoms with Gasteiger partial charge in [-0.15, -0.1) is 0 Å². The van der Waals surface area contributed by atoms with Crippen LogP contribution in [0.5, 0.6) is 0 Å². The summed E-state index contributed by atoms with van der Waals surface area (Å²) in [7, 11) is 2.00. The molecule has 15 heavy (non-hydrogen) atoms. The van der Waals surface area contributed by atoms with E-state index < -0.39 is 0 Å². The van der Waals surface area contributed by atoms with Gasteiger partial charge in [-0.05, 0) is 37.6 Å². The van der Waals surface area contributed by atoms with E-state index in [0.717, 1.165) is 18.8 Å². The van der Waals surface area contributed by atoms with Gasteiger partial charge in [0, 0.05) is 24.6 Å². The molecular weight excluding hydrogens is 186 g/mol. The van der Waals surface area contributed by atoms with Crippen LogP contribution in [0, 0.1) is 11.8 Å². The third kappa shape index (κ3) is 4.30. The highest BCUT2D eigenvalue weighted by atomic mass is 14.9. The second kappa shape index (κ2) is 6.40. The van der Waals surface area contributed by atoms with Gasteiger partial charge in [-0.1, -0.05) is 13.8 Å². The van der Waals surface area contributed by atoms with Crippen molar-refractivity contribution in [1.82, 2.24) is 10.3 Å². The average molecular weight is 207 g/mol. The van der Waals surface area contributed by atoms with Gasteiger partial charge >= 0.3 is 0 Å². The first-order chi connectivity index (χ1) is 7.24. The zero-order valence-electron chi connectivity index (χ0n) is 9.83. The van der Waals surface area contributed by atoms with Crippen molar-refractivity contribution in [3.63, 3.8) is 0 Å². The van der Waals surface area contributed by atoms with Gasteiger partial charge in [0.25, 0.3) is 0 Å². The van der Waals surface area contributed by atoms with Gasteiger partial charge in [-0.25, -0.2) is 0 Å². The van der Waals surface area contributed by atoms with Gasteiger partial charge < -0.3 is 10.6 Å². The molecule has 3 nitrogen and oxygen atoms in total. The molecule has 1 aromatic heterocycles. The molecule has 1 atom stereocenters. The van der Waals surface area contributed by atoms with Crippen LogP contribution in [0.2, 0.25) is 0 Å². The van der Waals surface area contributed by atoms with Gasteiger partial charge in [0.1, 0.15) is 0 Å². The van der Waals surface area contributed by atoms with E-state index >= 15 is 0 Å². The van der Waals surface area contributed by atoms with Crippen molar-refractivity contribution in [2.75, 3.05) is 25.5 Å². The first kappa shape index (κ1) is 12.0. The maximum absolute atomic E-state index is 3.99. The Balaban J connectivity index is 2.40. The molecule has 1 aromatic rings. The Bertz CT molecular complexity index is 259. The summed E-state index contributed by atoms with van der Waals surface area (Å²) in [6, 6.07) is 3.99. The van der Waals surface area contributed by atoms with Crippen molar-refractivity contribution in [2.24, 2.45) is 11.8 Å². The maximum Gasteiger partial charge on any atom is 0.0371 e. The normalized spacial score (nSPS) is 12.8. The number of hydrogen-bond donors (Lipinski definition) is 2. The Morgan fingerprint density at radius 3 is 2.40 bits per heavy atom. The first-order valence-corrected chi connectivity index (χ1v) is 5.52. The Morgan fingerprint density at radius 2 is 1.87 bits per heavy atom. The largest absolute Gasteiger partial charge is 0.385 e. The zero-order valence-corrected chi connectivity index (χ0v) is 9.83. The van der Waals surface area contributed by atoms with E-state index in [1.54, 1.807) is 0 Å². The molecule has 1 rings (SSSR count). The highest BCUT2D eigenvalue weighted by Crippen LogP contribution is 2.11. The summed E-state index contributed by atoms with van der Waals surface area (Å²) in [4.78, 5) is 3.99. The molecule has 0 aliphatic rings. The molecule has 2 N–H and O–H groups in total. The molecule has 0 aliphatic heterocycles. The van der Waals surface area contributed by atoms with E-state index in [0.29, 0.717) is 11.8 Å². The number of nitrogens with zero attached hydrogens (tertiary/aromatic N) is 1. The van der Waals surface area contributed by atoms with Gasteiger partial charge in [-0.2, -0.15) is 0 Å². The lowest BCUT2D eigenvalue weighted by molar-refractivity contribution is 0.390. The Morgan fingerprint density at radius 1 is 1.20 bits per heavy atom. The van der Waals surface area contributed by atoms with Crippen LogP contribution in [-0.2, 0) is 0 Å². The molecule has 0 radical (unpaired) electrons. The topological polar surface area (TPSA) is 37.0 Å². The van der Waals surface area contributed by atoms with E-state index in [2.05, 4.69) is 29.5 Å². The Hall–Kier alpha value is -1.09. The van der Waals surface area contributed by atoms with Crippen LogP contribution in [-0.4, -0.2) is 25.1 Å². The third-order valence-electron chi connectivity index (χ3n) is 2.66. The molecule has 84 valence electrons. The first-order valence-electron chi connectivity index (χ1n) is 5.52. The van der Waals surface area contributed by atoms with Crippen molar-refractivity contribution in [2.45, 2.75) is 13.8 Å². The van der Waals surface area contributed by atoms with Crippen molar-refractivity contribution in [1.29, 1.82) is 0 Å². The predicted molar refractivity (Wildman–Crippen MR) is 65.0 cm³/mol. The van der Waals surface area contributed by atoms with Crippen molar-refractivity contribution < 1.29 is 0 Å². The number of anilines is 1. The van der Waals surface area contributed by atoms with Crippen LogP contribution in [0.4, 0.5) is 5.69 Å². The van der Waals surface area contributed by atoms with Gasteiger partial charge in [0.2, 0.25) is 0 Å². The molecule has 0 saturated carbocycles. The molecule has 0 fully saturated rings. The molecule has 0 spiro atoms. The van der Waals surface area contributed by atoms with Crippen LogP contribution in [0.15, 0.2) is 24.5 Å². The molecule has 3 heteroatoms. The summed E-state index contributed by atoms with van der Waals surface area (Å²) >= 11 is 0. The molecule has 0 aliphatic carbocycles. The Kier molecular flexibility index (Phi) is 5.12. The van der Waals surface area contributed by atoms with E-state index in [4.69, 9.17) is 0 Å². The number of hydrogen-bond acceptors (Lipinski definition) is 3. The lowest BCUT2D eigenvalue weighted by atomic mass is 9.96. The van der Waals surface area contributed by atoms with Crippen molar-refractivity contribution in [3.05, 3.63) is 24.5 Å². The fraction of sp³-hybridized carbons (Fsp3) is 0.583. The number of nitrogens with one attached hydrogen (secondary N) is 2. The Labute approximate surface area is 92.3 Å². The number of aromatic nitrogens is 1. The SMILES string of the molecule is CNCC(CNc1ccncc1)C(C)C. The van der Waals surface area contributed by atoms with E-state index in [1.807, 2.05) is 31.6 Å². The standard InChI is InChI=1S/C12H21N3/c1-10(2)11(8-13-3)9-15-12-4-6-14-7-5-12/h4-7,10-11,13H,8-9H2,1-3H3,(H,14,15). The van der Waals surface area contributed by atoms with E-state index in [9.17, 15) is 0 Å². The lowest BCUT2D eigenvalue weighted by Crippen LogP contribution is -2.29. The van der Waals surface area contributed by atoms with Crippen LogP contribution < -0.4 is 10.6 Å². The fourth-order valence-electron chi connectivity index (χ4n) is 1.52. The van der Waals surface area contributed by atoms with Crippen LogP contribution in [0.25, 0.3) is 0 Å². The summed E-state index contributed by atoms with van der Waals surface area (Å²) in [5.41, 5.74) is 1.15. The lowest BCUT2D eigenvalue weighted by Gasteiger charge is -2.21. The summed E-state index contributed by atoms with van der Waals surface area (Å²) in [6.07, 6.45) is 3.62. The van der Waals surface area contributed by atoms with Gasteiger partial charge in [-0.3, -0.25) is 4.98 Å². The van der Waals surface area contributed by atoms with Crippen LogP contribution in [0.1, 0.15) is 13.8 Å². The summed E-state index contributed by atoms with van der Waals surface area (Å²) in [5.74, 6) is 1.34. The minimum absolute atomic E-state index is 0.656. The second-order valence-electron chi connectivity index (χ2n) is 4.18. The van der Waals surface area contributed by atoms with Gasteiger partial charge in [0.05, 0.1) is 0 Å². The molecule has 0 amide bonds. The predicted octanol–water partition coefficient (Wildman–Crippen LogP) is 1.99. The van der Waals surface area contributed by atoms with E-state index in [-0.39, 0.29) is 0 Å². The zero-order chi connectivity index (χ0) is 11.1. The summed E-state index contributed by atoms with van der Waals surface area (Å²) in [5, 5.41) is 6.66. The average Bonchev–Trinajstić information content (AvgIpc) is 2.25. The quantitative estimate of drug-likeness (QED) is 0.749. The maximum atomic E-state index is 3.99. The number of pyridine rings is 1. The molecule has 0 saturated heterocycles. The highest BCUT2D eigenvalue weighted by molar-refractivity contribution is 5.40. The molecule has 1 unspecified atom stereocenters. The summed E-state index contributed by atoms with van der Waals surface area (Å²) in [6.45, 7) is 6.57. The van der Waals surface area contributed by atoms with Crippen LogP contribution >= 0.6 is 0 Å². The third-order valence-corrected chi connectivity index (χ3v) is 2.66. The minimum atomic E-state index is 0.656. The summed E-state index contributed by atoms with van der Waals surface area (Å²) < 4.78 is 0. The van der Waals surface area contributed by atoms with Crippen molar-refractivity contribution in [3.8, 4) is 0 Å².